The van der Waals surface area contributed by atoms with Crippen LogP contribution in [0, 0.1) is 0 Å². The Kier molecular flexibility index (Phi) is 3.25. The highest BCUT2D eigenvalue weighted by Crippen LogP contribution is 2.34. The van der Waals surface area contributed by atoms with Crippen molar-refractivity contribution >= 4 is 0 Å². The van der Waals surface area contributed by atoms with Crippen LogP contribution in [0.4, 0.5) is 0 Å². The fourth-order valence-corrected chi connectivity index (χ4v) is 2.40. The minimum absolute atomic E-state index is 0.158. The van der Waals surface area contributed by atoms with Gasteiger partial charge in [0.1, 0.15) is 0 Å². The summed E-state index contributed by atoms with van der Waals surface area (Å²) in [6.07, 6.45) is 4.61. The van der Waals surface area contributed by atoms with Crippen molar-refractivity contribution in [3.05, 3.63) is 46.3 Å². The highest BCUT2D eigenvalue weighted by molar-refractivity contribution is 5.22. The van der Waals surface area contributed by atoms with Crippen LogP contribution in [-0.2, 0) is 0 Å². The second-order valence-electron chi connectivity index (χ2n) is 4.07. The van der Waals surface area contributed by atoms with E-state index in [0.29, 0.717) is 5.92 Å². The number of azide groups is 1. The molecule has 0 saturated heterocycles. The maximum absolute atomic E-state index is 8.54. The van der Waals surface area contributed by atoms with Gasteiger partial charge in [-0.25, -0.2) is 0 Å². The lowest BCUT2D eigenvalue weighted by atomic mass is 9.80. The van der Waals surface area contributed by atoms with E-state index in [2.05, 4.69) is 34.3 Å². The molecule has 78 valence electrons. The molecule has 15 heavy (non-hydrogen) atoms. The van der Waals surface area contributed by atoms with Crippen molar-refractivity contribution in [2.75, 3.05) is 0 Å². The van der Waals surface area contributed by atoms with Gasteiger partial charge in [-0.1, -0.05) is 48.3 Å². The summed E-state index contributed by atoms with van der Waals surface area (Å²) < 4.78 is 0. The van der Waals surface area contributed by atoms with Crippen molar-refractivity contribution in [2.45, 2.75) is 37.6 Å². The first-order valence-electron chi connectivity index (χ1n) is 5.51. The first-order valence-corrected chi connectivity index (χ1v) is 5.51. The maximum atomic E-state index is 8.54. The van der Waals surface area contributed by atoms with E-state index in [1.165, 1.54) is 18.4 Å². The van der Waals surface area contributed by atoms with Gasteiger partial charge in [0.2, 0.25) is 0 Å². The zero-order valence-electron chi connectivity index (χ0n) is 8.71. The predicted molar refractivity (Wildman–Crippen MR) is 60.6 cm³/mol. The first-order chi connectivity index (χ1) is 7.42. The second kappa shape index (κ2) is 4.85. The normalized spacial score (nSPS) is 25.6. The molecule has 0 aliphatic heterocycles. The van der Waals surface area contributed by atoms with Crippen LogP contribution >= 0.6 is 0 Å². The van der Waals surface area contributed by atoms with E-state index in [0.717, 1.165) is 12.8 Å². The summed E-state index contributed by atoms with van der Waals surface area (Å²) >= 11 is 0. The van der Waals surface area contributed by atoms with Crippen molar-refractivity contribution in [3.8, 4) is 0 Å². The smallest absolute Gasteiger partial charge is 0.0442 e. The summed E-state index contributed by atoms with van der Waals surface area (Å²) in [5.74, 6) is 0.427. The highest BCUT2D eigenvalue weighted by atomic mass is 15.1. The van der Waals surface area contributed by atoms with Crippen molar-refractivity contribution < 1.29 is 0 Å². The van der Waals surface area contributed by atoms with Gasteiger partial charge in [-0.15, -0.1) is 0 Å². The van der Waals surface area contributed by atoms with E-state index in [4.69, 9.17) is 5.53 Å². The maximum Gasteiger partial charge on any atom is 0.0442 e. The van der Waals surface area contributed by atoms with Crippen LogP contribution < -0.4 is 0 Å². The standard InChI is InChI=1S/C12H15N3/c13-15-14-12-9-5-4-8-11(12)10-6-2-1-3-7-10/h1-3,6-7,11-12H,4-5,8-9H2/t11-,12+/m0/s1. The zero-order chi connectivity index (χ0) is 10.5. The largest absolute Gasteiger partial charge is 0.0900 e. The molecular weight excluding hydrogens is 186 g/mol. The zero-order valence-corrected chi connectivity index (χ0v) is 8.71. The number of nitrogens with zero attached hydrogens (tertiary/aromatic N) is 3. The van der Waals surface area contributed by atoms with Gasteiger partial charge in [-0.2, -0.15) is 0 Å². The molecule has 2 atom stereocenters. The molecule has 0 radical (unpaired) electrons. The van der Waals surface area contributed by atoms with E-state index in [9.17, 15) is 0 Å². The Morgan fingerprint density at radius 1 is 1.13 bits per heavy atom. The molecule has 0 heterocycles. The van der Waals surface area contributed by atoms with Crippen LogP contribution in [0.15, 0.2) is 35.4 Å². The van der Waals surface area contributed by atoms with Crippen LogP contribution in [0.25, 0.3) is 10.4 Å². The average Bonchev–Trinajstić information content (AvgIpc) is 2.31. The molecule has 0 aromatic heterocycles. The fourth-order valence-electron chi connectivity index (χ4n) is 2.40. The molecule has 0 N–H and O–H groups in total. The molecule has 1 fully saturated rings. The van der Waals surface area contributed by atoms with E-state index >= 15 is 0 Å². The molecule has 1 aliphatic rings. The van der Waals surface area contributed by atoms with Gasteiger partial charge in [0.15, 0.2) is 0 Å². The Morgan fingerprint density at radius 3 is 2.60 bits per heavy atom. The van der Waals surface area contributed by atoms with E-state index < -0.39 is 0 Å². The third-order valence-electron chi connectivity index (χ3n) is 3.16. The molecule has 3 nitrogen and oxygen atoms in total. The van der Waals surface area contributed by atoms with Gasteiger partial charge in [-0.3, -0.25) is 0 Å². The van der Waals surface area contributed by atoms with E-state index in [-0.39, 0.29) is 6.04 Å². The minimum Gasteiger partial charge on any atom is -0.0900 e. The van der Waals surface area contributed by atoms with Gasteiger partial charge in [-0.05, 0) is 29.9 Å². The number of benzene rings is 1. The predicted octanol–water partition coefficient (Wildman–Crippen LogP) is 4.02. The van der Waals surface area contributed by atoms with Crippen LogP contribution in [0.2, 0.25) is 0 Å². The molecular formula is C12H15N3. The Balaban J connectivity index is 2.21. The number of rotatable bonds is 2. The van der Waals surface area contributed by atoms with Gasteiger partial charge >= 0.3 is 0 Å². The quantitative estimate of drug-likeness (QED) is 0.394. The van der Waals surface area contributed by atoms with Gasteiger partial charge < -0.3 is 0 Å². The Bertz CT molecular complexity index is 354. The Morgan fingerprint density at radius 2 is 1.87 bits per heavy atom. The van der Waals surface area contributed by atoms with Crippen LogP contribution in [0.5, 0.6) is 0 Å². The van der Waals surface area contributed by atoms with Crippen LogP contribution in [-0.4, -0.2) is 6.04 Å². The molecule has 3 heteroatoms. The van der Waals surface area contributed by atoms with Crippen molar-refractivity contribution in [1.82, 2.24) is 0 Å². The molecule has 1 saturated carbocycles. The third-order valence-corrected chi connectivity index (χ3v) is 3.16. The summed E-state index contributed by atoms with van der Waals surface area (Å²) in [7, 11) is 0. The molecule has 0 amide bonds. The Labute approximate surface area is 89.7 Å². The van der Waals surface area contributed by atoms with Crippen molar-refractivity contribution in [2.24, 2.45) is 5.11 Å². The Hall–Kier alpha value is -1.47. The SMILES string of the molecule is [N-]=[N+]=N[C@@H]1CCCC[C@H]1c1ccccc1. The van der Waals surface area contributed by atoms with Crippen LogP contribution in [0.3, 0.4) is 0 Å². The molecule has 0 unspecified atom stereocenters. The van der Waals surface area contributed by atoms with Crippen molar-refractivity contribution in [3.63, 3.8) is 0 Å². The molecule has 1 aromatic carbocycles. The molecule has 1 aliphatic carbocycles. The number of hydrogen-bond acceptors (Lipinski definition) is 1. The lowest BCUT2D eigenvalue weighted by Crippen LogP contribution is -2.20. The van der Waals surface area contributed by atoms with Gasteiger partial charge in [0.25, 0.3) is 0 Å². The lowest BCUT2D eigenvalue weighted by Gasteiger charge is -2.28. The summed E-state index contributed by atoms with van der Waals surface area (Å²) in [5, 5.41) is 3.92. The summed E-state index contributed by atoms with van der Waals surface area (Å²) in [6, 6.07) is 10.6. The topological polar surface area (TPSA) is 48.8 Å². The lowest BCUT2D eigenvalue weighted by molar-refractivity contribution is 0.385. The van der Waals surface area contributed by atoms with Crippen molar-refractivity contribution in [1.29, 1.82) is 0 Å². The van der Waals surface area contributed by atoms with E-state index in [1.807, 2.05) is 6.07 Å². The third kappa shape index (κ3) is 2.31. The summed E-state index contributed by atoms with van der Waals surface area (Å²) in [5.41, 5.74) is 9.86. The summed E-state index contributed by atoms with van der Waals surface area (Å²) in [4.78, 5) is 2.96. The highest BCUT2D eigenvalue weighted by Gasteiger charge is 2.25. The molecule has 0 spiro atoms. The van der Waals surface area contributed by atoms with E-state index in [1.54, 1.807) is 0 Å². The average molecular weight is 201 g/mol. The number of hydrogen-bond donors (Lipinski definition) is 0. The summed E-state index contributed by atoms with van der Waals surface area (Å²) in [6.45, 7) is 0. The molecule has 2 rings (SSSR count). The van der Waals surface area contributed by atoms with Crippen LogP contribution in [0.1, 0.15) is 37.2 Å². The monoisotopic (exact) mass is 201 g/mol. The first kappa shape index (κ1) is 10.1. The van der Waals surface area contributed by atoms with Gasteiger partial charge in [0.05, 0.1) is 0 Å². The second-order valence-corrected chi connectivity index (χ2v) is 4.07. The van der Waals surface area contributed by atoms with Gasteiger partial charge in [0, 0.05) is 11.0 Å². The fraction of sp³-hybridized carbons (Fsp3) is 0.500. The molecule has 0 bridgehead atoms. The minimum atomic E-state index is 0.158. The molecule has 1 aromatic rings.